The average molecular weight is 528 g/mol. The third-order valence-electron chi connectivity index (χ3n) is 5.57. The fourth-order valence-corrected chi connectivity index (χ4v) is 5.96. The van der Waals surface area contributed by atoms with E-state index in [1.807, 2.05) is 13.8 Å². The van der Waals surface area contributed by atoms with Crippen molar-refractivity contribution in [3.63, 3.8) is 0 Å². The second kappa shape index (κ2) is 9.57. The molecule has 0 bridgehead atoms. The summed E-state index contributed by atoms with van der Waals surface area (Å²) < 4.78 is 109. The van der Waals surface area contributed by atoms with E-state index in [1.54, 1.807) is 18.2 Å². The van der Waals surface area contributed by atoms with E-state index < -0.39 is 50.7 Å². The Morgan fingerprint density at radius 3 is 2.38 bits per heavy atom. The molecule has 2 atom stereocenters. The van der Waals surface area contributed by atoms with Gasteiger partial charge in [-0.25, -0.2) is 18.1 Å². The van der Waals surface area contributed by atoms with Gasteiger partial charge in [0.1, 0.15) is 16.0 Å². The van der Waals surface area contributed by atoms with Gasteiger partial charge >= 0.3 is 12.4 Å². The van der Waals surface area contributed by atoms with Crippen LogP contribution >= 0.6 is 11.8 Å². The zero-order valence-electron chi connectivity index (χ0n) is 18.5. The second-order valence-electron chi connectivity index (χ2n) is 8.07. The van der Waals surface area contributed by atoms with E-state index in [4.69, 9.17) is 0 Å². The van der Waals surface area contributed by atoms with Crippen LogP contribution in [0.3, 0.4) is 0 Å². The molecule has 1 aromatic carbocycles. The number of aryl methyl sites for hydroxylation is 2. The van der Waals surface area contributed by atoms with Crippen molar-refractivity contribution >= 4 is 27.6 Å². The Labute approximate surface area is 198 Å². The van der Waals surface area contributed by atoms with Crippen molar-refractivity contribution in [3.8, 4) is 0 Å². The van der Waals surface area contributed by atoms with Crippen molar-refractivity contribution < 1.29 is 34.8 Å². The van der Waals surface area contributed by atoms with Gasteiger partial charge in [0.2, 0.25) is 10.0 Å². The Bertz CT molecular complexity index is 1150. The van der Waals surface area contributed by atoms with Crippen molar-refractivity contribution in [1.29, 1.82) is 0 Å². The minimum Gasteiger partial charge on any atom is -0.354 e. The molecule has 1 N–H and O–H groups in total. The molecule has 5 nitrogen and oxygen atoms in total. The van der Waals surface area contributed by atoms with Crippen LogP contribution in [0.4, 0.5) is 32.2 Å². The molecule has 0 spiro atoms. The minimum absolute atomic E-state index is 0.0439. The fourth-order valence-electron chi connectivity index (χ4n) is 3.49. The quantitative estimate of drug-likeness (QED) is 0.539. The highest BCUT2D eigenvalue weighted by molar-refractivity contribution is 8.00. The number of thioether (sulfide) groups is 1. The molecule has 3 rings (SSSR count). The highest BCUT2D eigenvalue weighted by Crippen LogP contribution is 2.38. The number of aromatic nitrogens is 1. The van der Waals surface area contributed by atoms with Crippen LogP contribution < -0.4 is 9.62 Å². The number of halogens is 6. The largest absolute Gasteiger partial charge is 0.417 e. The molecule has 1 aliphatic rings. The topological polar surface area (TPSA) is 62.3 Å². The second-order valence-corrected chi connectivity index (χ2v) is 11.1. The number of alkyl halides is 6. The minimum atomic E-state index is -5.07. The highest BCUT2D eigenvalue weighted by Gasteiger charge is 2.44. The highest BCUT2D eigenvalue weighted by atomic mass is 32.2. The number of benzene rings is 1. The molecule has 2 aromatic rings. The Balaban J connectivity index is 1.93. The van der Waals surface area contributed by atoms with Crippen LogP contribution in [0.5, 0.6) is 0 Å². The van der Waals surface area contributed by atoms with Gasteiger partial charge in [0, 0.05) is 31.1 Å². The smallest absolute Gasteiger partial charge is 0.354 e. The first-order valence-corrected chi connectivity index (χ1v) is 12.7. The number of nitrogens with zero attached hydrogens (tertiary/aromatic N) is 2. The van der Waals surface area contributed by atoms with E-state index in [-0.39, 0.29) is 18.1 Å². The Hall–Kier alpha value is -1.99. The van der Waals surface area contributed by atoms with Gasteiger partial charge in [-0.2, -0.15) is 26.3 Å². The van der Waals surface area contributed by atoms with Gasteiger partial charge in [-0.3, -0.25) is 0 Å². The fraction of sp³-hybridized carbons (Fsp3) is 0.476. The number of rotatable bonds is 5. The van der Waals surface area contributed by atoms with Crippen LogP contribution in [0.25, 0.3) is 0 Å². The maximum absolute atomic E-state index is 13.8. The Morgan fingerprint density at radius 2 is 1.79 bits per heavy atom. The normalized spacial score (nSPS) is 18.7. The summed E-state index contributed by atoms with van der Waals surface area (Å²) in [4.78, 5) is 3.80. The molecule has 1 aromatic heterocycles. The predicted molar refractivity (Wildman–Crippen MR) is 118 cm³/mol. The van der Waals surface area contributed by atoms with E-state index in [2.05, 4.69) is 9.71 Å². The Morgan fingerprint density at radius 1 is 1.12 bits per heavy atom. The predicted octanol–water partition coefficient (Wildman–Crippen LogP) is 5.24. The van der Waals surface area contributed by atoms with Gasteiger partial charge in [-0.05, 0) is 43.5 Å². The summed E-state index contributed by atoms with van der Waals surface area (Å²) in [5.41, 5.74) is 0.942. The number of hydrogen-bond acceptors (Lipinski definition) is 5. The lowest BCUT2D eigenvalue weighted by Gasteiger charge is -2.34. The molecule has 1 fully saturated rings. The summed E-state index contributed by atoms with van der Waals surface area (Å²) in [5.74, 6) is -0.314. The average Bonchev–Trinajstić information content (AvgIpc) is 2.73. The van der Waals surface area contributed by atoms with Crippen LogP contribution in [0, 0.1) is 13.8 Å². The van der Waals surface area contributed by atoms with Crippen molar-refractivity contribution in [2.75, 3.05) is 23.7 Å². The van der Waals surface area contributed by atoms with Gasteiger partial charge in [0.25, 0.3) is 0 Å². The van der Waals surface area contributed by atoms with Gasteiger partial charge < -0.3 is 4.90 Å². The summed E-state index contributed by atoms with van der Waals surface area (Å²) >= 11 is 0.670. The molecule has 13 heteroatoms. The monoisotopic (exact) mass is 527 g/mol. The number of anilines is 1. The summed E-state index contributed by atoms with van der Waals surface area (Å²) in [5, 5.41) is -1.78. The zero-order valence-corrected chi connectivity index (χ0v) is 20.1. The molecule has 1 saturated heterocycles. The molecule has 0 radical (unpaired) electrons. The molecule has 2 unspecified atom stereocenters. The van der Waals surface area contributed by atoms with Crippen molar-refractivity contribution in [2.24, 2.45) is 0 Å². The summed E-state index contributed by atoms with van der Waals surface area (Å²) in [7, 11) is -4.66. The maximum atomic E-state index is 13.8. The molecule has 2 heterocycles. The van der Waals surface area contributed by atoms with Crippen LogP contribution in [-0.2, 0) is 16.2 Å². The third kappa shape index (κ3) is 5.98. The lowest BCUT2D eigenvalue weighted by atomic mass is 10.0. The van der Waals surface area contributed by atoms with Gasteiger partial charge in [-0.1, -0.05) is 18.2 Å². The first-order chi connectivity index (χ1) is 15.6. The lowest BCUT2D eigenvalue weighted by molar-refractivity contribution is -0.140. The number of hydrogen-bond donors (Lipinski definition) is 1. The van der Waals surface area contributed by atoms with E-state index in [1.165, 1.54) is 6.92 Å². The molecular weight excluding hydrogens is 504 g/mol. The maximum Gasteiger partial charge on any atom is 0.417 e. The van der Waals surface area contributed by atoms with Gasteiger partial charge in [0.15, 0.2) is 0 Å². The molecule has 0 amide bonds. The van der Waals surface area contributed by atoms with Crippen LogP contribution in [-0.4, -0.2) is 43.7 Å². The van der Waals surface area contributed by atoms with Crippen LogP contribution in [0.2, 0.25) is 0 Å². The van der Waals surface area contributed by atoms with E-state index in [0.29, 0.717) is 29.6 Å². The van der Waals surface area contributed by atoms with Crippen LogP contribution in [0.1, 0.15) is 35.2 Å². The van der Waals surface area contributed by atoms with Gasteiger partial charge in [0.05, 0.1) is 5.56 Å². The van der Waals surface area contributed by atoms with E-state index in [0.717, 1.165) is 16.0 Å². The first-order valence-electron chi connectivity index (χ1n) is 10.2. The van der Waals surface area contributed by atoms with Crippen molar-refractivity contribution in [2.45, 2.75) is 49.3 Å². The van der Waals surface area contributed by atoms with Crippen molar-refractivity contribution in [1.82, 2.24) is 9.71 Å². The summed E-state index contributed by atoms with van der Waals surface area (Å²) in [6.07, 6.45) is -9.04. The molecule has 34 heavy (non-hydrogen) atoms. The number of sulfonamides is 1. The molecule has 1 aliphatic heterocycles. The summed E-state index contributed by atoms with van der Waals surface area (Å²) in [6, 6.07) is 4.85. The number of pyridine rings is 1. The lowest BCUT2D eigenvalue weighted by Crippen LogP contribution is -2.45. The van der Waals surface area contributed by atoms with E-state index >= 15 is 0 Å². The zero-order chi connectivity index (χ0) is 25.5. The molecule has 0 aliphatic carbocycles. The number of nitrogens with one attached hydrogen (secondary N) is 1. The molecule has 0 saturated carbocycles. The first kappa shape index (κ1) is 26.6. The molecular formula is C21H23F6N3O2S2. The van der Waals surface area contributed by atoms with Crippen LogP contribution in [0.15, 0.2) is 35.4 Å². The van der Waals surface area contributed by atoms with E-state index in [9.17, 15) is 34.8 Å². The Kier molecular flexibility index (Phi) is 7.49. The van der Waals surface area contributed by atoms with Crippen molar-refractivity contribution in [3.05, 3.63) is 52.7 Å². The molecule has 188 valence electrons. The van der Waals surface area contributed by atoms with Gasteiger partial charge in [-0.15, -0.1) is 11.8 Å². The summed E-state index contributed by atoms with van der Waals surface area (Å²) in [6.45, 7) is 4.67. The third-order valence-corrected chi connectivity index (χ3v) is 8.37. The standard InChI is InChI=1S/C21H23F6N3O2S2/c1-12-4-5-15(8-13(12)2)14(3)29-34(31,32)17-10-28-19(9-16(17)20(22,23)24)30-6-7-33-18(11-30)21(25,26)27/h4-5,8-10,14,18,29H,6-7,11H2,1-3H3. The SMILES string of the molecule is Cc1ccc(C(C)NS(=O)(=O)c2cnc(N3CCSC(C(F)(F)F)C3)cc2C(F)(F)F)cc1C.